The van der Waals surface area contributed by atoms with Crippen LogP contribution in [0.5, 0.6) is 0 Å². The molecular weight excluding hydrogens is 393 g/mol. The van der Waals surface area contributed by atoms with Crippen LogP contribution in [-0.2, 0) is 13.5 Å². The molecule has 16 heavy (non-hydrogen) atoms. The summed E-state index contributed by atoms with van der Waals surface area (Å²) < 4.78 is 2.33. The van der Waals surface area contributed by atoms with Crippen LogP contribution in [-0.4, -0.2) is 11.5 Å². The van der Waals surface area contributed by atoms with Gasteiger partial charge in [0.2, 0.25) is 0 Å². The summed E-state index contributed by atoms with van der Waals surface area (Å²) in [6.07, 6.45) is 12.5. The van der Waals surface area contributed by atoms with E-state index in [0.29, 0.717) is 0 Å². The van der Waals surface area contributed by atoms with Crippen molar-refractivity contribution in [2.45, 2.75) is 0 Å². The molecule has 6 heteroatoms. The van der Waals surface area contributed by atoms with Crippen LogP contribution >= 0.6 is 52.5 Å². The number of halogens is 2. The van der Waals surface area contributed by atoms with Gasteiger partial charge in [-0.05, 0) is 0 Å². The van der Waals surface area contributed by atoms with Crippen LogP contribution in [0.1, 0.15) is 0 Å². The zero-order valence-electron chi connectivity index (χ0n) is 8.47. The molecule has 0 spiro atoms. The Labute approximate surface area is 120 Å². The minimum absolute atomic E-state index is 0. The van der Waals surface area contributed by atoms with Gasteiger partial charge in [0, 0.05) is 0 Å². The van der Waals surface area contributed by atoms with Crippen LogP contribution in [0.2, 0.25) is 0 Å². The van der Waals surface area contributed by atoms with E-state index in [9.17, 15) is 0 Å². The Morgan fingerprint density at radius 3 is 1.69 bits per heavy atom. The molecule has 0 saturated heterocycles. The van der Waals surface area contributed by atoms with Crippen molar-refractivity contribution in [3.8, 4) is 0 Å². The first-order valence-corrected chi connectivity index (χ1v) is 11.8. The SMILES string of the molecule is P.[Cl][Pd]([Cl])([C]1=CC=CCS1)[C]1=CC=CCS1. The fourth-order valence-corrected chi connectivity index (χ4v) is 10.6. The zero-order valence-corrected chi connectivity index (χ0v) is 14.6. The van der Waals surface area contributed by atoms with Crippen molar-refractivity contribution in [2.75, 3.05) is 11.5 Å². The molecule has 0 bridgehead atoms. The molecule has 2 heterocycles. The van der Waals surface area contributed by atoms with Crippen molar-refractivity contribution >= 4 is 52.5 Å². The van der Waals surface area contributed by atoms with Crippen molar-refractivity contribution in [3.05, 3.63) is 43.2 Å². The summed E-state index contributed by atoms with van der Waals surface area (Å²) in [5, 5.41) is 0. The molecule has 2 aliphatic rings. The van der Waals surface area contributed by atoms with Crippen LogP contribution < -0.4 is 0 Å². The molecule has 94 valence electrons. The Morgan fingerprint density at radius 1 is 0.938 bits per heavy atom. The first kappa shape index (κ1) is 15.4. The average molecular weight is 406 g/mol. The predicted octanol–water partition coefficient (Wildman–Crippen LogP) is 4.79. The van der Waals surface area contributed by atoms with E-state index in [1.54, 1.807) is 23.5 Å². The molecule has 0 radical (unpaired) electrons. The summed E-state index contributed by atoms with van der Waals surface area (Å²) in [7, 11) is 13.1. The van der Waals surface area contributed by atoms with Gasteiger partial charge in [-0.2, -0.15) is 9.90 Å². The van der Waals surface area contributed by atoms with Crippen LogP contribution in [0.3, 0.4) is 0 Å². The Balaban J connectivity index is 0.00000128. The van der Waals surface area contributed by atoms with E-state index in [4.69, 9.17) is 19.1 Å². The van der Waals surface area contributed by atoms with Gasteiger partial charge in [0.05, 0.1) is 0 Å². The third kappa shape index (κ3) is 3.66. The topological polar surface area (TPSA) is 0 Å². The van der Waals surface area contributed by atoms with Crippen LogP contribution in [0, 0.1) is 0 Å². The molecule has 1 unspecified atom stereocenters. The minimum atomic E-state index is -2.53. The summed E-state index contributed by atoms with van der Waals surface area (Å²) in [4.78, 5) is 0. The van der Waals surface area contributed by atoms with Crippen LogP contribution in [0.4, 0.5) is 0 Å². The quantitative estimate of drug-likeness (QED) is 0.478. The normalized spacial score (nSPS) is 20.9. The summed E-state index contributed by atoms with van der Waals surface area (Å²) >= 11 is 0.990. The summed E-state index contributed by atoms with van der Waals surface area (Å²) in [5.74, 6) is 1.97. The molecule has 0 aromatic rings. The molecule has 0 fully saturated rings. The first-order valence-electron chi connectivity index (χ1n) is 4.27. The second kappa shape index (κ2) is 7.05. The molecule has 0 saturated carbocycles. The van der Waals surface area contributed by atoms with E-state index in [2.05, 4.69) is 24.3 Å². The summed E-state index contributed by atoms with van der Waals surface area (Å²) in [6, 6.07) is 0. The first-order chi connectivity index (χ1) is 7.21. The van der Waals surface area contributed by atoms with Gasteiger partial charge >= 0.3 is 111 Å². The molecule has 0 aromatic heterocycles. The molecule has 0 aromatic carbocycles. The molecule has 0 amide bonds. The second-order valence-electron chi connectivity index (χ2n) is 2.72. The van der Waals surface area contributed by atoms with E-state index in [1.807, 2.05) is 12.2 Å². The number of thioether (sulfide) groups is 2. The van der Waals surface area contributed by atoms with Crippen molar-refractivity contribution < 1.29 is 13.5 Å². The standard InChI is InChI=1S/2C5H5S.2ClH.H3P.Pd/c2*1-2-4-6-5-3-1;;;;/h2*1-3H,4H2;2*1H;1H3;/q;;;;;+2/p-2. The number of hydrogen-bond acceptors (Lipinski definition) is 2. The average Bonchev–Trinajstić information content (AvgIpc) is 2.31. The molecule has 0 aliphatic carbocycles. The number of hydrogen-bond donors (Lipinski definition) is 0. The summed E-state index contributed by atoms with van der Waals surface area (Å²) in [6.45, 7) is 0. The summed E-state index contributed by atoms with van der Waals surface area (Å²) in [5.41, 5.74) is 0. The van der Waals surface area contributed by atoms with Crippen molar-refractivity contribution in [2.24, 2.45) is 0 Å². The van der Waals surface area contributed by atoms with Crippen LogP contribution in [0.25, 0.3) is 0 Å². The molecule has 0 N–H and O–H groups in total. The predicted molar refractivity (Wildman–Crippen MR) is 82.2 cm³/mol. The van der Waals surface area contributed by atoms with E-state index in [1.165, 1.54) is 6.76 Å². The van der Waals surface area contributed by atoms with Gasteiger partial charge in [-0.15, -0.1) is 0 Å². The molecule has 2 aliphatic heterocycles. The third-order valence-corrected chi connectivity index (χ3v) is 14.0. The zero-order chi connectivity index (χ0) is 10.7. The monoisotopic (exact) mass is 404 g/mol. The van der Waals surface area contributed by atoms with Crippen molar-refractivity contribution in [1.82, 2.24) is 0 Å². The van der Waals surface area contributed by atoms with E-state index >= 15 is 0 Å². The molecule has 2 rings (SSSR count). The fourth-order valence-electron chi connectivity index (χ4n) is 1.05. The van der Waals surface area contributed by atoms with Crippen LogP contribution in [0.15, 0.2) is 43.2 Å². The molecular formula is C10H13Cl2PPdS2. The van der Waals surface area contributed by atoms with Gasteiger partial charge < -0.3 is 0 Å². The Kier molecular flexibility index (Phi) is 6.78. The van der Waals surface area contributed by atoms with Crippen molar-refractivity contribution in [1.29, 1.82) is 0 Å². The van der Waals surface area contributed by atoms with Gasteiger partial charge in [0.1, 0.15) is 0 Å². The van der Waals surface area contributed by atoms with Gasteiger partial charge in [0.25, 0.3) is 0 Å². The Morgan fingerprint density at radius 2 is 1.38 bits per heavy atom. The second-order valence-corrected chi connectivity index (χ2v) is 14.2. The third-order valence-electron chi connectivity index (χ3n) is 1.71. The molecule has 0 nitrogen and oxygen atoms in total. The van der Waals surface area contributed by atoms with E-state index in [0.717, 1.165) is 11.5 Å². The number of allylic oxidation sites excluding steroid dienone is 4. The van der Waals surface area contributed by atoms with E-state index in [-0.39, 0.29) is 9.90 Å². The van der Waals surface area contributed by atoms with Gasteiger partial charge in [-0.1, -0.05) is 0 Å². The number of rotatable bonds is 2. The van der Waals surface area contributed by atoms with Gasteiger partial charge in [0.15, 0.2) is 0 Å². The maximum atomic E-state index is 6.56. The van der Waals surface area contributed by atoms with E-state index < -0.39 is 13.5 Å². The Hall–Kier alpha value is 1.33. The fraction of sp³-hybridized carbons (Fsp3) is 0.200. The van der Waals surface area contributed by atoms with Crippen molar-refractivity contribution in [3.63, 3.8) is 0 Å². The van der Waals surface area contributed by atoms with Gasteiger partial charge in [-0.25, -0.2) is 0 Å². The maximum absolute atomic E-state index is 6.56. The Bertz CT molecular complexity index is 341. The molecule has 1 atom stereocenters. The van der Waals surface area contributed by atoms with Gasteiger partial charge in [-0.3, -0.25) is 0 Å².